The van der Waals surface area contributed by atoms with Crippen molar-refractivity contribution in [3.63, 3.8) is 0 Å². The Labute approximate surface area is 119 Å². The number of halogens is 1. The normalized spacial score (nSPS) is 12.9. The molecule has 5 heteroatoms. The number of rotatable bonds is 3. The molecule has 1 aromatic rings. The van der Waals surface area contributed by atoms with Gasteiger partial charge < -0.3 is 10.5 Å². The molecule has 1 atom stereocenters. The van der Waals surface area contributed by atoms with Crippen LogP contribution in [0.3, 0.4) is 0 Å². The Hall–Kier alpha value is -1.26. The second kappa shape index (κ2) is 6.26. The Balaban J connectivity index is 2.79. The van der Waals surface area contributed by atoms with Crippen molar-refractivity contribution in [2.45, 2.75) is 45.8 Å². The predicted molar refractivity (Wildman–Crippen MR) is 78.7 cm³/mol. The number of nitrogens with one attached hydrogen (secondary N) is 1. The summed E-state index contributed by atoms with van der Waals surface area (Å²) in [5, 5.41) is 3.12. The van der Waals surface area contributed by atoms with Gasteiger partial charge in [0.05, 0.1) is 10.7 Å². The molecule has 106 valence electrons. The summed E-state index contributed by atoms with van der Waals surface area (Å²) < 4.78 is 5.18. The fraction of sp³-hybridized carbons (Fsp3) is 0.500. The van der Waals surface area contributed by atoms with Crippen molar-refractivity contribution >= 4 is 23.4 Å². The largest absolute Gasteiger partial charge is 0.444 e. The zero-order valence-electron chi connectivity index (χ0n) is 11.8. The minimum Gasteiger partial charge on any atom is -0.444 e. The Morgan fingerprint density at radius 3 is 2.63 bits per heavy atom. The van der Waals surface area contributed by atoms with E-state index in [0.29, 0.717) is 10.7 Å². The highest BCUT2D eigenvalue weighted by Crippen LogP contribution is 2.24. The first kappa shape index (κ1) is 15.8. The van der Waals surface area contributed by atoms with E-state index in [1.165, 1.54) is 0 Å². The van der Waals surface area contributed by atoms with Gasteiger partial charge in [-0.25, -0.2) is 4.79 Å². The highest BCUT2D eigenvalue weighted by atomic mass is 35.5. The quantitative estimate of drug-likeness (QED) is 0.892. The van der Waals surface area contributed by atoms with E-state index in [4.69, 9.17) is 22.1 Å². The van der Waals surface area contributed by atoms with E-state index in [0.717, 1.165) is 12.0 Å². The van der Waals surface area contributed by atoms with Crippen molar-refractivity contribution in [1.82, 2.24) is 0 Å². The van der Waals surface area contributed by atoms with Gasteiger partial charge in [-0.1, -0.05) is 17.7 Å². The SMILES string of the molecule is C[C@@H](N)Cc1ccc(Cl)c(NC(=O)OC(C)(C)C)c1. The van der Waals surface area contributed by atoms with E-state index in [2.05, 4.69) is 5.32 Å². The zero-order chi connectivity index (χ0) is 14.6. The third kappa shape index (κ3) is 5.94. The van der Waals surface area contributed by atoms with E-state index in [9.17, 15) is 4.79 Å². The van der Waals surface area contributed by atoms with Crippen molar-refractivity contribution in [3.05, 3.63) is 28.8 Å². The molecule has 0 aliphatic heterocycles. The van der Waals surface area contributed by atoms with E-state index in [1.54, 1.807) is 26.8 Å². The highest BCUT2D eigenvalue weighted by molar-refractivity contribution is 6.33. The van der Waals surface area contributed by atoms with E-state index >= 15 is 0 Å². The van der Waals surface area contributed by atoms with Crippen LogP contribution < -0.4 is 11.1 Å². The molecule has 0 spiro atoms. The van der Waals surface area contributed by atoms with Crippen molar-refractivity contribution in [3.8, 4) is 0 Å². The fourth-order valence-electron chi connectivity index (χ4n) is 1.58. The van der Waals surface area contributed by atoms with Crippen molar-refractivity contribution in [2.24, 2.45) is 5.73 Å². The summed E-state index contributed by atoms with van der Waals surface area (Å²) in [4.78, 5) is 11.7. The molecular weight excluding hydrogens is 264 g/mol. The second-order valence-corrected chi connectivity index (χ2v) is 6.03. The number of ether oxygens (including phenoxy) is 1. The van der Waals surface area contributed by atoms with Crippen LogP contribution in [0.2, 0.25) is 5.02 Å². The van der Waals surface area contributed by atoms with Crippen molar-refractivity contribution < 1.29 is 9.53 Å². The first-order valence-corrected chi connectivity index (χ1v) is 6.59. The van der Waals surface area contributed by atoms with Gasteiger partial charge in [0.1, 0.15) is 5.60 Å². The van der Waals surface area contributed by atoms with Crippen LogP contribution in [-0.4, -0.2) is 17.7 Å². The van der Waals surface area contributed by atoms with Gasteiger partial charge in [-0.15, -0.1) is 0 Å². The number of benzene rings is 1. The lowest BCUT2D eigenvalue weighted by Crippen LogP contribution is -2.27. The third-order valence-corrected chi connectivity index (χ3v) is 2.55. The summed E-state index contributed by atoms with van der Waals surface area (Å²) in [6, 6.07) is 5.50. The van der Waals surface area contributed by atoms with E-state index in [-0.39, 0.29) is 6.04 Å². The molecule has 3 N–H and O–H groups in total. The standard InChI is InChI=1S/C14H21ClN2O2/c1-9(16)7-10-5-6-11(15)12(8-10)17-13(18)19-14(2,3)4/h5-6,8-9H,7,16H2,1-4H3,(H,17,18)/t9-/m1/s1. The van der Waals surface area contributed by atoms with Crippen LogP contribution >= 0.6 is 11.6 Å². The minimum absolute atomic E-state index is 0.0514. The second-order valence-electron chi connectivity index (χ2n) is 5.62. The minimum atomic E-state index is -0.542. The number of hydrogen-bond acceptors (Lipinski definition) is 3. The molecule has 0 unspecified atom stereocenters. The first-order chi connectivity index (χ1) is 8.67. The molecule has 1 aromatic carbocycles. The molecule has 0 heterocycles. The topological polar surface area (TPSA) is 64.3 Å². The molecule has 1 rings (SSSR count). The number of carbonyl (C=O) groups excluding carboxylic acids is 1. The number of nitrogens with two attached hydrogens (primary N) is 1. The van der Waals surface area contributed by atoms with Crippen LogP contribution in [0.1, 0.15) is 33.3 Å². The van der Waals surface area contributed by atoms with Crippen molar-refractivity contribution in [1.29, 1.82) is 0 Å². The van der Waals surface area contributed by atoms with Crippen LogP contribution in [0, 0.1) is 0 Å². The number of anilines is 1. The van der Waals surface area contributed by atoms with Gasteiger partial charge in [-0.3, -0.25) is 5.32 Å². The van der Waals surface area contributed by atoms with Crippen LogP contribution in [0.25, 0.3) is 0 Å². The summed E-state index contributed by atoms with van der Waals surface area (Å²) in [6.07, 6.45) is 0.201. The lowest BCUT2D eigenvalue weighted by Gasteiger charge is -2.20. The summed E-state index contributed by atoms with van der Waals surface area (Å²) in [5.74, 6) is 0. The summed E-state index contributed by atoms with van der Waals surface area (Å²) in [6.45, 7) is 7.34. The average Bonchev–Trinajstić information content (AvgIpc) is 2.19. The number of carbonyl (C=O) groups is 1. The number of hydrogen-bond donors (Lipinski definition) is 2. The molecule has 0 bridgehead atoms. The van der Waals surface area contributed by atoms with Crippen LogP contribution in [0.5, 0.6) is 0 Å². The van der Waals surface area contributed by atoms with Crippen LogP contribution in [0.4, 0.5) is 10.5 Å². The maximum Gasteiger partial charge on any atom is 0.412 e. The van der Waals surface area contributed by atoms with E-state index in [1.807, 2.05) is 19.1 Å². The van der Waals surface area contributed by atoms with Gasteiger partial charge >= 0.3 is 6.09 Å². The number of amides is 1. The van der Waals surface area contributed by atoms with E-state index < -0.39 is 11.7 Å². The molecular formula is C14H21ClN2O2. The highest BCUT2D eigenvalue weighted by Gasteiger charge is 2.17. The maximum atomic E-state index is 11.7. The van der Waals surface area contributed by atoms with Gasteiger partial charge in [0.15, 0.2) is 0 Å². The smallest absolute Gasteiger partial charge is 0.412 e. The predicted octanol–water partition coefficient (Wildman–Crippen LogP) is 3.58. The Kier molecular flexibility index (Phi) is 5.20. The van der Waals surface area contributed by atoms with Gasteiger partial charge in [0.2, 0.25) is 0 Å². The zero-order valence-corrected chi connectivity index (χ0v) is 12.5. The summed E-state index contributed by atoms with van der Waals surface area (Å²) in [7, 11) is 0. The van der Waals surface area contributed by atoms with Gasteiger partial charge in [-0.2, -0.15) is 0 Å². The molecule has 19 heavy (non-hydrogen) atoms. The Morgan fingerprint density at radius 1 is 1.47 bits per heavy atom. The van der Waals surface area contributed by atoms with Crippen LogP contribution in [0.15, 0.2) is 18.2 Å². The molecule has 4 nitrogen and oxygen atoms in total. The summed E-state index contributed by atoms with van der Waals surface area (Å²) >= 11 is 6.05. The van der Waals surface area contributed by atoms with Crippen LogP contribution in [-0.2, 0) is 11.2 Å². The molecule has 0 saturated carbocycles. The summed E-state index contributed by atoms with van der Waals surface area (Å²) in [5.41, 5.74) is 6.77. The maximum absolute atomic E-state index is 11.7. The lowest BCUT2D eigenvalue weighted by molar-refractivity contribution is 0.0636. The van der Waals surface area contributed by atoms with Gasteiger partial charge in [-0.05, 0) is 51.8 Å². The Bertz CT molecular complexity index is 453. The van der Waals surface area contributed by atoms with Gasteiger partial charge in [0.25, 0.3) is 0 Å². The molecule has 1 amide bonds. The Morgan fingerprint density at radius 2 is 2.11 bits per heavy atom. The third-order valence-electron chi connectivity index (χ3n) is 2.22. The van der Waals surface area contributed by atoms with Crippen molar-refractivity contribution in [2.75, 3.05) is 5.32 Å². The molecule has 0 aromatic heterocycles. The molecule has 0 saturated heterocycles. The first-order valence-electron chi connectivity index (χ1n) is 6.21. The van der Waals surface area contributed by atoms with Gasteiger partial charge in [0, 0.05) is 6.04 Å². The lowest BCUT2D eigenvalue weighted by atomic mass is 10.1. The fourth-order valence-corrected chi connectivity index (χ4v) is 1.75. The molecule has 0 aliphatic rings. The molecule has 0 radical (unpaired) electrons. The average molecular weight is 285 g/mol. The molecule has 0 aliphatic carbocycles. The molecule has 0 fully saturated rings. The monoisotopic (exact) mass is 284 g/mol.